The second-order valence-corrected chi connectivity index (χ2v) is 7.36. The fraction of sp³-hybridized carbons (Fsp3) is 0.722. The van der Waals surface area contributed by atoms with Crippen LogP contribution in [0.3, 0.4) is 0 Å². The molecule has 2 fully saturated rings. The van der Waals surface area contributed by atoms with E-state index in [1.165, 1.54) is 0 Å². The van der Waals surface area contributed by atoms with Gasteiger partial charge in [-0.3, -0.25) is 14.3 Å². The maximum Gasteiger partial charge on any atom is 0.227 e. The highest BCUT2D eigenvalue weighted by Gasteiger charge is 2.41. The second-order valence-electron chi connectivity index (χ2n) is 7.36. The zero-order valence-electron chi connectivity index (χ0n) is 14.8. The van der Waals surface area contributed by atoms with E-state index in [1.807, 2.05) is 40.6 Å². The van der Waals surface area contributed by atoms with Crippen LogP contribution in [-0.2, 0) is 16.1 Å². The molecule has 24 heavy (non-hydrogen) atoms. The summed E-state index contributed by atoms with van der Waals surface area (Å²) in [6.07, 6.45) is 7.30. The van der Waals surface area contributed by atoms with Crippen LogP contribution in [0.4, 0.5) is 0 Å². The lowest BCUT2D eigenvalue weighted by Gasteiger charge is -2.47. The van der Waals surface area contributed by atoms with Crippen LogP contribution in [-0.4, -0.2) is 57.6 Å². The van der Waals surface area contributed by atoms with Gasteiger partial charge in [-0.1, -0.05) is 6.92 Å². The molecule has 3 heterocycles. The summed E-state index contributed by atoms with van der Waals surface area (Å²) < 4.78 is 1.82. The number of hydrogen-bond acceptors (Lipinski definition) is 3. The molecule has 2 aliphatic rings. The minimum atomic E-state index is -0.0565. The Balaban J connectivity index is 1.54. The molecular formula is C18H28N4O2. The van der Waals surface area contributed by atoms with Crippen molar-refractivity contribution in [1.82, 2.24) is 19.6 Å². The van der Waals surface area contributed by atoms with Crippen LogP contribution >= 0.6 is 0 Å². The van der Waals surface area contributed by atoms with Gasteiger partial charge in [0.05, 0.1) is 12.5 Å². The third-order valence-electron chi connectivity index (χ3n) is 5.71. The first-order valence-corrected chi connectivity index (χ1v) is 9.07. The van der Waals surface area contributed by atoms with Crippen molar-refractivity contribution in [2.75, 3.05) is 26.2 Å². The van der Waals surface area contributed by atoms with Crippen LogP contribution in [0.5, 0.6) is 0 Å². The number of hydrogen-bond donors (Lipinski definition) is 0. The third-order valence-corrected chi connectivity index (χ3v) is 5.71. The molecule has 0 aromatic carbocycles. The van der Waals surface area contributed by atoms with Gasteiger partial charge in [0.15, 0.2) is 0 Å². The zero-order chi connectivity index (χ0) is 17.2. The van der Waals surface area contributed by atoms with Gasteiger partial charge in [-0.2, -0.15) is 5.10 Å². The average molecular weight is 332 g/mol. The first-order chi connectivity index (χ1) is 11.5. The Morgan fingerprint density at radius 2 is 2.08 bits per heavy atom. The number of amides is 2. The summed E-state index contributed by atoms with van der Waals surface area (Å²) in [5.41, 5.74) is 0.228. The average Bonchev–Trinajstić information content (AvgIpc) is 3.10. The van der Waals surface area contributed by atoms with Crippen molar-refractivity contribution in [3.8, 4) is 0 Å². The first-order valence-electron chi connectivity index (χ1n) is 9.07. The Hall–Kier alpha value is -1.85. The maximum absolute atomic E-state index is 12.7. The standard InChI is InChI=1S/C18H28N4O2/c1-3-20-14-18(6-5-16(20)23)7-11-21(12-8-18)17(24)15(2)13-22-10-4-9-19-22/h4,9-10,15H,3,5-8,11-14H2,1-2H3/t15-/m0/s1. The Morgan fingerprint density at radius 3 is 2.71 bits per heavy atom. The Morgan fingerprint density at radius 1 is 1.33 bits per heavy atom. The molecule has 0 radical (unpaired) electrons. The highest BCUT2D eigenvalue weighted by atomic mass is 16.2. The van der Waals surface area contributed by atoms with E-state index in [1.54, 1.807) is 6.20 Å². The predicted octanol–water partition coefficient (Wildman–Crippen LogP) is 1.77. The summed E-state index contributed by atoms with van der Waals surface area (Å²) >= 11 is 0. The van der Waals surface area contributed by atoms with Crippen LogP contribution in [0, 0.1) is 11.3 Å². The molecule has 132 valence electrons. The summed E-state index contributed by atoms with van der Waals surface area (Å²) in [7, 11) is 0. The molecule has 6 heteroatoms. The van der Waals surface area contributed by atoms with E-state index < -0.39 is 0 Å². The molecule has 0 bridgehead atoms. The van der Waals surface area contributed by atoms with Crippen molar-refractivity contribution in [2.45, 2.75) is 46.1 Å². The van der Waals surface area contributed by atoms with Crippen LogP contribution in [0.1, 0.15) is 39.5 Å². The van der Waals surface area contributed by atoms with E-state index in [0.29, 0.717) is 13.0 Å². The van der Waals surface area contributed by atoms with E-state index in [9.17, 15) is 9.59 Å². The molecule has 0 saturated carbocycles. The largest absolute Gasteiger partial charge is 0.342 e. The van der Waals surface area contributed by atoms with Gasteiger partial charge in [-0.05, 0) is 37.7 Å². The summed E-state index contributed by atoms with van der Waals surface area (Å²) in [6.45, 7) is 7.95. The Bertz CT molecular complexity index is 576. The highest BCUT2D eigenvalue weighted by Crippen LogP contribution is 2.40. The van der Waals surface area contributed by atoms with Gasteiger partial charge in [0.25, 0.3) is 0 Å². The summed E-state index contributed by atoms with van der Waals surface area (Å²) in [4.78, 5) is 28.6. The van der Waals surface area contributed by atoms with E-state index in [-0.39, 0.29) is 23.1 Å². The zero-order valence-corrected chi connectivity index (χ0v) is 14.8. The topological polar surface area (TPSA) is 58.4 Å². The van der Waals surface area contributed by atoms with Crippen LogP contribution in [0.2, 0.25) is 0 Å². The molecule has 6 nitrogen and oxygen atoms in total. The molecule has 3 rings (SSSR count). The minimum absolute atomic E-state index is 0.0565. The van der Waals surface area contributed by atoms with E-state index in [2.05, 4.69) is 5.10 Å². The molecule has 1 spiro atoms. The van der Waals surface area contributed by atoms with Gasteiger partial charge in [-0.25, -0.2) is 0 Å². The highest BCUT2D eigenvalue weighted by molar-refractivity contribution is 5.79. The second kappa shape index (κ2) is 6.95. The fourth-order valence-electron chi connectivity index (χ4n) is 4.08. The van der Waals surface area contributed by atoms with E-state index in [4.69, 9.17) is 0 Å². The summed E-state index contributed by atoms with van der Waals surface area (Å²) in [5.74, 6) is 0.452. The van der Waals surface area contributed by atoms with Crippen molar-refractivity contribution in [2.24, 2.45) is 11.3 Å². The van der Waals surface area contributed by atoms with Crippen molar-refractivity contribution in [1.29, 1.82) is 0 Å². The Kier molecular flexibility index (Phi) is 4.92. The number of carbonyl (C=O) groups is 2. The molecular weight excluding hydrogens is 304 g/mol. The molecule has 1 atom stereocenters. The van der Waals surface area contributed by atoms with Crippen LogP contribution < -0.4 is 0 Å². The lowest BCUT2D eigenvalue weighted by atomic mass is 9.72. The van der Waals surface area contributed by atoms with Crippen molar-refractivity contribution in [3.63, 3.8) is 0 Å². The first kappa shape index (κ1) is 17.0. The van der Waals surface area contributed by atoms with Crippen molar-refractivity contribution in [3.05, 3.63) is 18.5 Å². The molecule has 0 N–H and O–H groups in total. The number of rotatable bonds is 4. The summed E-state index contributed by atoms with van der Waals surface area (Å²) in [5, 5.41) is 4.19. The number of piperidine rings is 2. The molecule has 2 amide bonds. The smallest absolute Gasteiger partial charge is 0.227 e. The molecule has 0 unspecified atom stereocenters. The van der Waals surface area contributed by atoms with Crippen molar-refractivity contribution >= 4 is 11.8 Å². The van der Waals surface area contributed by atoms with Gasteiger partial charge in [-0.15, -0.1) is 0 Å². The fourth-order valence-corrected chi connectivity index (χ4v) is 4.08. The number of aromatic nitrogens is 2. The quantitative estimate of drug-likeness (QED) is 0.844. The predicted molar refractivity (Wildman–Crippen MR) is 91.1 cm³/mol. The Labute approximate surface area is 143 Å². The van der Waals surface area contributed by atoms with E-state index >= 15 is 0 Å². The van der Waals surface area contributed by atoms with Crippen molar-refractivity contribution < 1.29 is 9.59 Å². The monoisotopic (exact) mass is 332 g/mol. The van der Waals surface area contributed by atoms with Gasteiger partial charge in [0.2, 0.25) is 11.8 Å². The molecule has 0 aliphatic carbocycles. The normalized spacial score (nSPS) is 22.0. The number of likely N-dealkylation sites (tertiary alicyclic amines) is 2. The molecule has 1 aromatic heterocycles. The molecule has 2 aliphatic heterocycles. The van der Waals surface area contributed by atoms with Gasteiger partial charge < -0.3 is 9.80 Å². The maximum atomic E-state index is 12.7. The molecule has 1 aromatic rings. The van der Waals surface area contributed by atoms with E-state index in [0.717, 1.165) is 45.4 Å². The number of carbonyl (C=O) groups excluding carboxylic acids is 2. The van der Waals surface area contributed by atoms with Crippen LogP contribution in [0.25, 0.3) is 0 Å². The van der Waals surface area contributed by atoms with Gasteiger partial charge in [0.1, 0.15) is 0 Å². The SMILES string of the molecule is CCN1CC2(CCC1=O)CCN(C(=O)[C@@H](C)Cn1cccn1)CC2. The minimum Gasteiger partial charge on any atom is -0.342 e. The number of nitrogens with zero attached hydrogens (tertiary/aromatic N) is 4. The lowest BCUT2D eigenvalue weighted by molar-refractivity contribution is -0.144. The van der Waals surface area contributed by atoms with Gasteiger partial charge in [0, 0.05) is 45.0 Å². The van der Waals surface area contributed by atoms with Crippen LogP contribution in [0.15, 0.2) is 18.5 Å². The molecule has 2 saturated heterocycles. The summed E-state index contributed by atoms with van der Waals surface area (Å²) in [6, 6.07) is 1.88. The third kappa shape index (κ3) is 3.47. The lowest BCUT2D eigenvalue weighted by Crippen LogP contribution is -2.53. The van der Waals surface area contributed by atoms with Gasteiger partial charge >= 0.3 is 0 Å².